The monoisotopic (exact) mass is 240 g/mol. The highest BCUT2D eigenvalue weighted by atomic mass is 35.5. The van der Waals surface area contributed by atoms with Crippen molar-refractivity contribution in [2.24, 2.45) is 0 Å². The minimum absolute atomic E-state index is 0.248. The molecule has 0 saturated carbocycles. The highest BCUT2D eigenvalue weighted by Crippen LogP contribution is 2.24. The first-order valence-electron chi connectivity index (χ1n) is 5.45. The van der Waals surface area contributed by atoms with Crippen LogP contribution in [0.5, 0.6) is 5.75 Å². The van der Waals surface area contributed by atoms with Crippen LogP contribution in [0.3, 0.4) is 0 Å². The fraction of sp³-hybridized carbons (Fsp3) is 0.462. The normalized spacial score (nSPS) is 10.2. The Hall–Kier alpha value is -1.02. The number of Topliss-reactive ketones (excluding diaryl/α,β-unsaturated/α-hetero) is 1. The van der Waals surface area contributed by atoms with E-state index in [0.717, 1.165) is 35.6 Å². The molecule has 0 aliphatic rings. The molecule has 0 bridgehead atoms. The van der Waals surface area contributed by atoms with Crippen LogP contribution in [-0.2, 0) is 11.2 Å². The molecule has 0 atom stereocenters. The van der Waals surface area contributed by atoms with Crippen molar-refractivity contribution in [3.05, 3.63) is 28.8 Å². The van der Waals surface area contributed by atoms with Crippen LogP contribution in [0.15, 0.2) is 18.2 Å². The van der Waals surface area contributed by atoms with Crippen molar-refractivity contribution < 1.29 is 9.53 Å². The molecule has 1 aromatic rings. The Morgan fingerprint density at radius 1 is 1.38 bits per heavy atom. The standard InChI is InChI=1S/C13H17ClO2/c1-10(15)5-3-4-6-11-9-12(14)7-8-13(11)16-2/h7-9H,3-6H2,1-2H3. The van der Waals surface area contributed by atoms with Gasteiger partial charge in [-0.25, -0.2) is 0 Å². The second-order valence-corrected chi connectivity index (χ2v) is 4.30. The second kappa shape index (κ2) is 6.54. The van der Waals surface area contributed by atoms with Gasteiger partial charge in [-0.2, -0.15) is 0 Å². The number of ether oxygens (including phenoxy) is 1. The van der Waals surface area contributed by atoms with Crippen molar-refractivity contribution in [1.82, 2.24) is 0 Å². The molecular formula is C13H17ClO2. The summed E-state index contributed by atoms with van der Waals surface area (Å²) in [5.41, 5.74) is 1.11. The van der Waals surface area contributed by atoms with Crippen LogP contribution in [-0.4, -0.2) is 12.9 Å². The Labute approximate surface area is 102 Å². The molecule has 0 saturated heterocycles. The molecule has 88 valence electrons. The second-order valence-electron chi connectivity index (χ2n) is 3.87. The van der Waals surface area contributed by atoms with Crippen molar-refractivity contribution in [1.29, 1.82) is 0 Å². The SMILES string of the molecule is COc1ccc(Cl)cc1CCCCC(C)=O. The average molecular weight is 241 g/mol. The zero-order valence-electron chi connectivity index (χ0n) is 9.75. The predicted molar refractivity (Wildman–Crippen MR) is 66.2 cm³/mol. The van der Waals surface area contributed by atoms with Gasteiger partial charge < -0.3 is 9.53 Å². The Morgan fingerprint density at radius 2 is 2.12 bits per heavy atom. The molecule has 0 radical (unpaired) electrons. The van der Waals surface area contributed by atoms with Crippen molar-refractivity contribution in [2.45, 2.75) is 32.6 Å². The van der Waals surface area contributed by atoms with Gasteiger partial charge in [-0.15, -0.1) is 0 Å². The minimum atomic E-state index is 0.248. The third kappa shape index (κ3) is 4.23. The molecular weight excluding hydrogens is 224 g/mol. The van der Waals surface area contributed by atoms with Crippen molar-refractivity contribution in [2.75, 3.05) is 7.11 Å². The molecule has 0 unspecified atom stereocenters. The fourth-order valence-electron chi connectivity index (χ4n) is 1.63. The summed E-state index contributed by atoms with van der Waals surface area (Å²) in [5, 5.41) is 0.724. The fourth-order valence-corrected chi connectivity index (χ4v) is 1.83. The number of ketones is 1. The van der Waals surface area contributed by atoms with E-state index in [0.29, 0.717) is 6.42 Å². The minimum Gasteiger partial charge on any atom is -0.496 e. The molecule has 0 aliphatic heterocycles. The Bertz CT molecular complexity index is 361. The number of hydrogen-bond acceptors (Lipinski definition) is 2. The van der Waals surface area contributed by atoms with Gasteiger partial charge in [0, 0.05) is 11.4 Å². The molecule has 0 N–H and O–H groups in total. The first-order chi connectivity index (χ1) is 7.63. The van der Waals surface area contributed by atoms with E-state index in [1.807, 2.05) is 18.2 Å². The summed E-state index contributed by atoms with van der Waals surface area (Å²) in [6, 6.07) is 5.62. The maximum absolute atomic E-state index is 10.8. The third-order valence-electron chi connectivity index (χ3n) is 2.47. The summed E-state index contributed by atoms with van der Waals surface area (Å²) < 4.78 is 5.25. The summed E-state index contributed by atoms with van der Waals surface area (Å²) in [6.45, 7) is 1.62. The number of hydrogen-bond donors (Lipinski definition) is 0. The molecule has 2 nitrogen and oxygen atoms in total. The van der Waals surface area contributed by atoms with E-state index in [4.69, 9.17) is 16.3 Å². The van der Waals surface area contributed by atoms with Crippen molar-refractivity contribution in [3.8, 4) is 5.75 Å². The van der Waals surface area contributed by atoms with E-state index >= 15 is 0 Å². The molecule has 16 heavy (non-hydrogen) atoms. The van der Waals surface area contributed by atoms with Crippen LogP contribution in [0.25, 0.3) is 0 Å². The number of unbranched alkanes of at least 4 members (excludes halogenated alkanes) is 1. The summed E-state index contributed by atoms with van der Waals surface area (Å²) in [7, 11) is 1.66. The van der Waals surface area contributed by atoms with Crippen LogP contribution >= 0.6 is 11.6 Å². The van der Waals surface area contributed by atoms with Crippen LogP contribution in [0.4, 0.5) is 0 Å². The maximum atomic E-state index is 10.8. The van der Waals surface area contributed by atoms with Gasteiger partial charge >= 0.3 is 0 Å². The van der Waals surface area contributed by atoms with Crippen LogP contribution < -0.4 is 4.74 Å². The van der Waals surface area contributed by atoms with E-state index in [2.05, 4.69) is 0 Å². The van der Waals surface area contributed by atoms with E-state index < -0.39 is 0 Å². The summed E-state index contributed by atoms with van der Waals surface area (Å²) >= 11 is 5.93. The van der Waals surface area contributed by atoms with Crippen LogP contribution in [0, 0.1) is 0 Å². The number of halogens is 1. The van der Waals surface area contributed by atoms with E-state index in [9.17, 15) is 4.79 Å². The van der Waals surface area contributed by atoms with Gasteiger partial charge in [-0.05, 0) is 49.9 Å². The number of rotatable bonds is 6. The van der Waals surface area contributed by atoms with E-state index in [1.165, 1.54) is 0 Å². The van der Waals surface area contributed by atoms with Crippen LogP contribution in [0.2, 0.25) is 5.02 Å². The van der Waals surface area contributed by atoms with Gasteiger partial charge in [-0.3, -0.25) is 0 Å². The van der Waals surface area contributed by atoms with Gasteiger partial charge in [0.05, 0.1) is 7.11 Å². The topological polar surface area (TPSA) is 26.3 Å². The Kier molecular flexibility index (Phi) is 5.33. The van der Waals surface area contributed by atoms with Gasteiger partial charge in [0.15, 0.2) is 0 Å². The first-order valence-corrected chi connectivity index (χ1v) is 5.83. The largest absolute Gasteiger partial charge is 0.496 e. The summed E-state index contributed by atoms with van der Waals surface area (Å²) in [6.07, 6.45) is 3.46. The zero-order chi connectivity index (χ0) is 12.0. The van der Waals surface area contributed by atoms with Gasteiger partial charge in [-0.1, -0.05) is 11.6 Å². The lowest BCUT2D eigenvalue weighted by molar-refractivity contribution is -0.117. The highest BCUT2D eigenvalue weighted by molar-refractivity contribution is 6.30. The quantitative estimate of drug-likeness (QED) is 0.710. The molecule has 0 amide bonds. The van der Waals surface area contributed by atoms with Crippen molar-refractivity contribution in [3.63, 3.8) is 0 Å². The predicted octanol–water partition coefficient (Wildman–Crippen LogP) is 3.65. The number of methoxy groups -OCH3 is 1. The van der Waals surface area contributed by atoms with Gasteiger partial charge in [0.25, 0.3) is 0 Å². The lowest BCUT2D eigenvalue weighted by Crippen LogP contribution is -1.94. The van der Waals surface area contributed by atoms with Crippen LogP contribution in [0.1, 0.15) is 31.7 Å². The molecule has 0 aromatic heterocycles. The van der Waals surface area contributed by atoms with E-state index in [-0.39, 0.29) is 5.78 Å². The number of carbonyl (C=O) groups excluding carboxylic acids is 1. The lowest BCUT2D eigenvalue weighted by Gasteiger charge is -2.08. The average Bonchev–Trinajstić information content (AvgIpc) is 2.24. The summed E-state index contributed by atoms with van der Waals surface area (Å²) in [4.78, 5) is 10.8. The first kappa shape index (κ1) is 13.0. The highest BCUT2D eigenvalue weighted by Gasteiger charge is 2.04. The lowest BCUT2D eigenvalue weighted by atomic mass is 10.1. The van der Waals surface area contributed by atoms with Gasteiger partial charge in [0.1, 0.15) is 11.5 Å². The number of aryl methyl sites for hydroxylation is 1. The third-order valence-corrected chi connectivity index (χ3v) is 2.70. The Balaban J connectivity index is 2.51. The molecule has 1 aromatic carbocycles. The molecule has 0 spiro atoms. The molecule has 3 heteroatoms. The summed E-state index contributed by atoms with van der Waals surface area (Å²) in [5.74, 6) is 1.12. The zero-order valence-corrected chi connectivity index (χ0v) is 10.5. The number of benzene rings is 1. The number of carbonyl (C=O) groups is 1. The maximum Gasteiger partial charge on any atom is 0.129 e. The molecule has 1 rings (SSSR count). The Morgan fingerprint density at radius 3 is 2.75 bits per heavy atom. The molecule has 0 heterocycles. The molecule has 0 aliphatic carbocycles. The van der Waals surface area contributed by atoms with Gasteiger partial charge in [0.2, 0.25) is 0 Å². The van der Waals surface area contributed by atoms with Crippen molar-refractivity contribution >= 4 is 17.4 Å². The van der Waals surface area contributed by atoms with E-state index in [1.54, 1.807) is 14.0 Å². The molecule has 0 fully saturated rings. The smallest absolute Gasteiger partial charge is 0.129 e.